The molecule has 24 heavy (non-hydrogen) atoms. The van der Waals surface area contributed by atoms with Gasteiger partial charge in [0.25, 0.3) is 5.91 Å². The van der Waals surface area contributed by atoms with Gasteiger partial charge in [0.15, 0.2) is 15.6 Å². The molecule has 0 bridgehead atoms. The zero-order valence-corrected chi connectivity index (χ0v) is 14.3. The smallest absolute Gasteiger partial charge is 0.287 e. The molecule has 0 saturated carbocycles. The molecular weight excluding hydrogens is 354 g/mol. The van der Waals surface area contributed by atoms with Crippen LogP contribution in [-0.2, 0) is 16.4 Å². The summed E-state index contributed by atoms with van der Waals surface area (Å²) in [5.74, 6) is 0.768. The van der Waals surface area contributed by atoms with Crippen molar-refractivity contribution in [3.63, 3.8) is 0 Å². The van der Waals surface area contributed by atoms with Crippen molar-refractivity contribution in [2.24, 2.45) is 0 Å². The average Bonchev–Trinajstić information content (AvgIpc) is 3.13. The third-order valence-corrected chi connectivity index (χ3v) is 5.74. The number of hydrogen-bond acceptors (Lipinski definition) is 5. The van der Waals surface area contributed by atoms with Crippen molar-refractivity contribution in [3.8, 4) is 5.75 Å². The zero-order chi connectivity index (χ0) is 17.2. The van der Waals surface area contributed by atoms with Crippen molar-refractivity contribution in [1.82, 2.24) is 5.32 Å². The number of ether oxygens (including phenoxy) is 1. The molecule has 1 aromatic carbocycles. The van der Waals surface area contributed by atoms with Gasteiger partial charge in [0.05, 0.1) is 16.5 Å². The van der Waals surface area contributed by atoms with Crippen LogP contribution >= 0.6 is 11.6 Å². The van der Waals surface area contributed by atoms with E-state index in [4.69, 9.17) is 20.8 Å². The lowest BCUT2D eigenvalue weighted by Gasteiger charge is -2.09. The van der Waals surface area contributed by atoms with Gasteiger partial charge in [-0.1, -0.05) is 23.7 Å². The topological polar surface area (TPSA) is 85.6 Å². The lowest BCUT2D eigenvalue weighted by atomic mass is 10.2. The number of sulfone groups is 1. The fourth-order valence-electron chi connectivity index (χ4n) is 2.45. The normalized spacial score (nSPS) is 19.1. The van der Waals surface area contributed by atoms with Gasteiger partial charge in [-0.05, 0) is 30.7 Å². The van der Waals surface area contributed by atoms with E-state index in [1.54, 1.807) is 30.3 Å². The fraction of sp³-hybridized carbons (Fsp3) is 0.312. The van der Waals surface area contributed by atoms with Crippen molar-refractivity contribution in [3.05, 3.63) is 52.9 Å². The Bertz CT molecular complexity index is 846. The fourth-order valence-corrected chi connectivity index (χ4v) is 4.32. The molecule has 1 atom stereocenters. The number of para-hydroxylation sites is 1. The second-order valence-corrected chi connectivity index (χ2v) is 8.19. The highest BCUT2D eigenvalue weighted by molar-refractivity contribution is 7.91. The quantitative estimate of drug-likeness (QED) is 0.874. The van der Waals surface area contributed by atoms with Crippen LogP contribution in [0.3, 0.4) is 0 Å². The number of amides is 1. The molecule has 0 unspecified atom stereocenters. The zero-order valence-electron chi connectivity index (χ0n) is 12.7. The van der Waals surface area contributed by atoms with Crippen LogP contribution in [-0.4, -0.2) is 31.9 Å². The maximum atomic E-state index is 12.1. The van der Waals surface area contributed by atoms with Crippen molar-refractivity contribution in [2.75, 3.05) is 11.5 Å². The minimum Gasteiger partial charge on any atom is -0.484 e. The third kappa shape index (κ3) is 4.10. The second kappa shape index (κ2) is 6.86. The minimum absolute atomic E-state index is 0.0259. The molecule has 3 rings (SSSR count). The van der Waals surface area contributed by atoms with Gasteiger partial charge in [-0.2, -0.15) is 0 Å². The lowest BCUT2D eigenvalue weighted by molar-refractivity contribution is 0.0909. The highest BCUT2D eigenvalue weighted by atomic mass is 35.5. The van der Waals surface area contributed by atoms with E-state index in [1.165, 1.54) is 6.07 Å². The molecule has 2 aromatic rings. The number of carbonyl (C=O) groups is 1. The van der Waals surface area contributed by atoms with Gasteiger partial charge in [0, 0.05) is 6.04 Å². The third-order valence-electron chi connectivity index (χ3n) is 3.66. The number of halogens is 1. The van der Waals surface area contributed by atoms with Crippen LogP contribution in [0.5, 0.6) is 5.75 Å². The van der Waals surface area contributed by atoms with Gasteiger partial charge in [-0.25, -0.2) is 8.42 Å². The molecule has 6 nitrogen and oxygen atoms in total. The lowest BCUT2D eigenvalue weighted by Crippen LogP contribution is -2.35. The molecule has 0 radical (unpaired) electrons. The second-order valence-electron chi connectivity index (χ2n) is 5.56. The van der Waals surface area contributed by atoms with Crippen LogP contribution in [0.25, 0.3) is 0 Å². The van der Waals surface area contributed by atoms with Crippen LogP contribution in [0.2, 0.25) is 5.02 Å². The predicted octanol–water partition coefficient (Wildman–Crippen LogP) is 2.43. The Morgan fingerprint density at radius 1 is 1.29 bits per heavy atom. The Morgan fingerprint density at radius 3 is 2.79 bits per heavy atom. The largest absolute Gasteiger partial charge is 0.484 e. The van der Waals surface area contributed by atoms with Crippen molar-refractivity contribution in [1.29, 1.82) is 0 Å². The first-order valence-electron chi connectivity index (χ1n) is 7.40. The van der Waals surface area contributed by atoms with Crippen LogP contribution in [0.1, 0.15) is 22.7 Å². The molecular formula is C16H16ClNO5S. The van der Waals surface area contributed by atoms with Gasteiger partial charge in [0.2, 0.25) is 0 Å². The molecule has 1 amide bonds. The Kier molecular flexibility index (Phi) is 4.82. The molecule has 1 fully saturated rings. The molecule has 128 valence electrons. The van der Waals surface area contributed by atoms with Gasteiger partial charge in [0.1, 0.15) is 18.1 Å². The Hall–Kier alpha value is -1.99. The molecule has 2 heterocycles. The summed E-state index contributed by atoms with van der Waals surface area (Å²) in [6.45, 7) is 0.134. The molecule has 1 N–H and O–H groups in total. The minimum atomic E-state index is -3.04. The number of carbonyl (C=O) groups excluding carboxylic acids is 1. The highest BCUT2D eigenvalue weighted by Crippen LogP contribution is 2.24. The highest BCUT2D eigenvalue weighted by Gasteiger charge is 2.29. The number of rotatable bonds is 5. The standard InChI is InChI=1S/C16H16ClNO5S/c17-13-3-1-2-4-14(13)22-9-12-5-6-15(23-12)16(19)18-11-7-8-24(20,21)10-11/h1-6,11H,7-10H2,(H,18,19)/t11-/m1/s1. The first kappa shape index (κ1) is 16.9. The summed E-state index contributed by atoms with van der Waals surface area (Å²) < 4.78 is 33.8. The van der Waals surface area contributed by atoms with E-state index in [-0.39, 0.29) is 29.9 Å². The molecule has 1 aromatic heterocycles. The Morgan fingerprint density at radius 2 is 2.08 bits per heavy atom. The summed E-state index contributed by atoms with van der Waals surface area (Å²) in [7, 11) is -3.04. The first-order valence-corrected chi connectivity index (χ1v) is 9.60. The molecule has 1 saturated heterocycles. The summed E-state index contributed by atoms with van der Waals surface area (Å²) >= 11 is 6.00. The van der Waals surface area contributed by atoms with E-state index in [9.17, 15) is 13.2 Å². The molecule has 0 aliphatic carbocycles. The van der Waals surface area contributed by atoms with E-state index in [0.717, 1.165) is 0 Å². The summed E-state index contributed by atoms with van der Waals surface area (Å²) in [6.07, 6.45) is 0.428. The Labute approximate surface area is 144 Å². The number of hydrogen-bond donors (Lipinski definition) is 1. The van der Waals surface area contributed by atoms with Gasteiger partial charge in [-0.15, -0.1) is 0 Å². The van der Waals surface area contributed by atoms with Crippen molar-refractivity contribution >= 4 is 27.3 Å². The number of benzene rings is 1. The SMILES string of the molecule is O=C(N[C@@H]1CCS(=O)(=O)C1)c1ccc(COc2ccccc2Cl)o1. The monoisotopic (exact) mass is 369 g/mol. The first-order chi connectivity index (χ1) is 11.4. The van der Waals surface area contributed by atoms with Crippen molar-refractivity contribution < 1.29 is 22.4 Å². The predicted molar refractivity (Wildman–Crippen MR) is 89.0 cm³/mol. The van der Waals surface area contributed by atoms with E-state index >= 15 is 0 Å². The van der Waals surface area contributed by atoms with Crippen LogP contribution in [0.15, 0.2) is 40.8 Å². The Balaban J connectivity index is 1.57. The van der Waals surface area contributed by atoms with E-state index in [2.05, 4.69) is 5.32 Å². The van der Waals surface area contributed by atoms with Gasteiger partial charge >= 0.3 is 0 Å². The van der Waals surface area contributed by atoms with Gasteiger partial charge < -0.3 is 14.5 Å². The maximum Gasteiger partial charge on any atom is 0.287 e. The van der Waals surface area contributed by atoms with E-state index < -0.39 is 15.7 Å². The summed E-state index contributed by atoms with van der Waals surface area (Å²) in [4.78, 5) is 12.1. The van der Waals surface area contributed by atoms with Crippen LogP contribution in [0.4, 0.5) is 0 Å². The van der Waals surface area contributed by atoms with Crippen LogP contribution < -0.4 is 10.1 Å². The molecule has 0 spiro atoms. The number of furan rings is 1. The summed E-state index contributed by atoms with van der Waals surface area (Å²) in [5, 5.41) is 3.16. The average molecular weight is 370 g/mol. The number of nitrogens with one attached hydrogen (secondary N) is 1. The van der Waals surface area contributed by atoms with Gasteiger partial charge in [-0.3, -0.25) is 4.79 Å². The summed E-state index contributed by atoms with van der Waals surface area (Å²) in [6, 6.07) is 9.86. The van der Waals surface area contributed by atoms with Crippen molar-refractivity contribution in [2.45, 2.75) is 19.1 Å². The molecule has 8 heteroatoms. The maximum absolute atomic E-state index is 12.1. The molecule has 1 aliphatic heterocycles. The van der Waals surface area contributed by atoms with E-state index in [0.29, 0.717) is 23.0 Å². The van der Waals surface area contributed by atoms with E-state index in [1.807, 2.05) is 0 Å². The van der Waals surface area contributed by atoms with Crippen LogP contribution in [0, 0.1) is 0 Å². The summed E-state index contributed by atoms with van der Waals surface area (Å²) in [5.41, 5.74) is 0. The molecule has 1 aliphatic rings.